The van der Waals surface area contributed by atoms with Crippen LogP contribution in [0.2, 0.25) is 0 Å². The van der Waals surface area contributed by atoms with E-state index < -0.39 is 0 Å². The molecule has 0 amide bonds. The maximum Gasteiger partial charge on any atom is 0.0142 e. The summed E-state index contributed by atoms with van der Waals surface area (Å²) in [4.78, 5) is 5.23. The Hall–Kier alpha value is -0.120. The first kappa shape index (κ1) is 14.3. The molecular weight excluding hydrogens is 222 g/mol. The fraction of sp³-hybridized carbons (Fsp3) is 1.00. The van der Waals surface area contributed by atoms with Crippen LogP contribution >= 0.6 is 0 Å². The first-order chi connectivity index (χ1) is 8.54. The standard InChI is InChI=1S/C15H31N3/c1-5-18-9-6-14(13(2)10-18)17(4)12-15(3)7-8-16-11-15/h13-14,16H,5-12H2,1-4H3. The zero-order valence-corrected chi connectivity index (χ0v) is 12.7. The lowest BCUT2D eigenvalue weighted by Gasteiger charge is -2.43. The summed E-state index contributed by atoms with van der Waals surface area (Å²) in [5, 5.41) is 3.51. The highest BCUT2D eigenvalue weighted by molar-refractivity contribution is 4.90. The molecule has 0 aliphatic carbocycles. The van der Waals surface area contributed by atoms with Crippen molar-refractivity contribution in [2.75, 3.05) is 46.3 Å². The molecule has 2 aliphatic heterocycles. The first-order valence-corrected chi connectivity index (χ1v) is 7.67. The summed E-state index contributed by atoms with van der Waals surface area (Å²) < 4.78 is 0. The molecule has 3 heteroatoms. The molecule has 1 N–H and O–H groups in total. The van der Waals surface area contributed by atoms with Crippen molar-refractivity contribution < 1.29 is 0 Å². The molecular formula is C15H31N3. The largest absolute Gasteiger partial charge is 0.316 e. The number of hydrogen-bond donors (Lipinski definition) is 1. The van der Waals surface area contributed by atoms with Crippen LogP contribution in [0.1, 0.15) is 33.6 Å². The van der Waals surface area contributed by atoms with Gasteiger partial charge in [-0.05, 0) is 50.9 Å². The van der Waals surface area contributed by atoms with E-state index in [1.165, 1.54) is 52.1 Å². The molecule has 2 saturated heterocycles. The molecule has 3 nitrogen and oxygen atoms in total. The molecule has 3 atom stereocenters. The highest BCUT2D eigenvalue weighted by atomic mass is 15.2. The van der Waals surface area contributed by atoms with E-state index in [0.717, 1.165) is 12.0 Å². The van der Waals surface area contributed by atoms with Gasteiger partial charge in [0.15, 0.2) is 0 Å². The van der Waals surface area contributed by atoms with Gasteiger partial charge in [0, 0.05) is 25.7 Å². The molecule has 18 heavy (non-hydrogen) atoms. The molecule has 0 radical (unpaired) electrons. The maximum atomic E-state index is 3.51. The van der Waals surface area contributed by atoms with Crippen LogP contribution in [0.4, 0.5) is 0 Å². The van der Waals surface area contributed by atoms with Crippen molar-refractivity contribution in [2.24, 2.45) is 11.3 Å². The van der Waals surface area contributed by atoms with E-state index in [1.54, 1.807) is 0 Å². The molecule has 0 saturated carbocycles. The van der Waals surface area contributed by atoms with E-state index in [4.69, 9.17) is 0 Å². The lowest BCUT2D eigenvalue weighted by atomic mass is 9.86. The normalized spacial score (nSPS) is 38.5. The molecule has 0 spiro atoms. The second-order valence-corrected chi connectivity index (χ2v) is 6.88. The summed E-state index contributed by atoms with van der Waals surface area (Å²) in [6.07, 6.45) is 2.68. The number of nitrogens with zero attached hydrogens (tertiary/aromatic N) is 2. The van der Waals surface area contributed by atoms with Crippen molar-refractivity contribution in [3.8, 4) is 0 Å². The van der Waals surface area contributed by atoms with Crippen LogP contribution in [0.3, 0.4) is 0 Å². The average Bonchev–Trinajstić information content (AvgIpc) is 2.75. The van der Waals surface area contributed by atoms with Crippen LogP contribution < -0.4 is 5.32 Å². The Balaban J connectivity index is 1.87. The third-order valence-electron chi connectivity index (χ3n) is 5.05. The zero-order valence-electron chi connectivity index (χ0n) is 12.7. The van der Waals surface area contributed by atoms with Crippen LogP contribution in [-0.2, 0) is 0 Å². The monoisotopic (exact) mass is 253 g/mol. The van der Waals surface area contributed by atoms with Gasteiger partial charge in [0.25, 0.3) is 0 Å². The summed E-state index contributed by atoms with van der Waals surface area (Å²) in [6.45, 7) is 14.6. The van der Waals surface area contributed by atoms with Gasteiger partial charge in [0.05, 0.1) is 0 Å². The molecule has 0 aromatic carbocycles. The van der Waals surface area contributed by atoms with Crippen LogP contribution in [0.15, 0.2) is 0 Å². The summed E-state index contributed by atoms with van der Waals surface area (Å²) in [5.74, 6) is 0.807. The maximum absolute atomic E-state index is 3.51. The Morgan fingerprint density at radius 3 is 2.78 bits per heavy atom. The third kappa shape index (κ3) is 3.25. The lowest BCUT2D eigenvalue weighted by molar-refractivity contribution is 0.0600. The topological polar surface area (TPSA) is 18.5 Å². The molecule has 0 aromatic rings. The number of nitrogens with one attached hydrogen (secondary N) is 1. The van der Waals surface area contributed by atoms with Gasteiger partial charge in [0.2, 0.25) is 0 Å². The van der Waals surface area contributed by atoms with Crippen molar-refractivity contribution in [1.82, 2.24) is 15.1 Å². The lowest BCUT2D eigenvalue weighted by Crippen LogP contribution is -2.51. The smallest absolute Gasteiger partial charge is 0.0142 e. The van der Waals surface area contributed by atoms with Crippen molar-refractivity contribution >= 4 is 0 Å². The summed E-state index contributed by atoms with van der Waals surface area (Å²) in [6, 6.07) is 0.783. The average molecular weight is 253 g/mol. The Morgan fingerprint density at radius 2 is 2.22 bits per heavy atom. The van der Waals surface area contributed by atoms with Gasteiger partial charge in [0.1, 0.15) is 0 Å². The summed E-state index contributed by atoms with van der Waals surface area (Å²) in [7, 11) is 2.34. The quantitative estimate of drug-likeness (QED) is 0.822. The molecule has 0 bridgehead atoms. The van der Waals surface area contributed by atoms with Crippen LogP contribution in [-0.4, -0.2) is 62.2 Å². The van der Waals surface area contributed by atoms with E-state index in [2.05, 4.69) is 42.9 Å². The SMILES string of the molecule is CCN1CCC(N(C)CC2(C)CCNC2)C(C)C1. The summed E-state index contributed by atoms with van der Waals surface area (Å²) >= 11 is 0. The van der Waals surface area contributed by atoms with Crippen LogP contribution in [0.5, 0.6) is 0 Å². The Morgan fingerprint density at radius 1 is 1.44 bits per heavy atom. The van der Waals surface area contributed by atoms with Crippen molar-refractivity contribution in [1.29, 1.82) is 0 Å². The van der Waals surface area contributed by atoms with Gasteiger partial charge in [-0.1, -0.05) is 20.8 Å². The van der Waals surface area contributed by atoms with E-state index in [1.807, 2.05) is 0 Å². The third-order valence-corrected chi connectivity index (χ3v) is 5.05. The van der Waals surface area contributed by atoms with Gasteiger partial charge in [-0.3, -0.25) is 0 Å². The minimum atomic E-state index is 0.496. The molecule has 0 aromatic heterocycles. The van der Waals surface area contributed by atoms with Gasteiger partial charge >= 0.3 is 0 Å². The highest BCUT2D eigenvalue weighted by Crippen LogP contribution is 2.29. The fourth-order valence-electron chi connectivity index (χ4n) is 3.88. The van der Waals surface area contributed by atoms with E-state index >= 15 is 0 Å². The van der Waals surface area contributed by atoms with Crippen LogP contribution in [0.25, 0.3) is 0 Å². The molecule has 2 rings (SSSR count). The molecule has 2 fully saturated rings. The number of piperidine rings is 1. The molecule has 106 valence electrons. The van der Waals surface area contributed by atoms with E-state index in [9.17, 15) is 0 Å². The van der Waals surface area contributed by atoms with Gasteiger partial charge < -0.3 is 15.1 Å². The van der Waals surface area contributed by atoms with Crippen molar-refractivity contribution in [3.05, 3.63) is 0 Å². The number of hydrogen-bond acceptors (Lipinski definition) is 3. The van der Waals surface area contributed by atoms with Crippen molar-refractivity contribution in [3.63, 3.8) is 0 Å². The molecule has 2 aliphatic rings. The predicted octanol–water partition coefficient (Wildman–Crippen LogP) is 1.65. The highest BCUT2D eigenvalue weighted by Gasteiger charge is 2.34. The van der Waals surface area contributed by atoms with Gasteiger partial charge in [-0.2, -0.15) is 0 Å². The van der Waals surface area contributed by atoms with E-state index in [0.29, 0.717) is 5.41 Å². The zero-order chi connectivity index (χ0) is 13.2. The second kappa shape index (κ2) is 5.89. The minimum absolute atomic E-state index is 0.496. The molecule has 3 unspecified atom stereocenters. The fourth-order valence-corrected chi connectivity index (χ4v) is 3.88. The summed E-state index contributed by atoms with van der Waals surface area (Å²) in [5.41, 5.74) is 0.496. The van der Waals surface area contributed by atoms with E-state index in [-0.39, 0.29) is 0 Å². The number of likely N-dealkylation sites (tertiary alicyclic amines) is 1. The van der Waals surface area contributed by atoms with Gasteiger partial charge in [-0.25, -0.2) is 0 Å². The van der Waals surface area contributed by atoms with Gasteiger partial charge in [-0.15, -0.1) is 0 Å². The van der Waals surface area contributed by atoms with Crippen LogP contribution in [0, 0.1) is 11.3 Å². The second-order valence-electron chi connectivity index (χ2n) is 6.88. The minimum Gasteiger partial charge on any atom is -0.316 e. The first-order valence-electron chi connectivity index (χ1n) is 7.67. The molecule has 2 heterocycles. The predicted molar refractivity (Wildman–Crippen MR) is 77.9 cm³/mol. The Kier molecular flexibility index (Phi) is 4.68. The Labute approximate surface area is 113 Å². The number of rotatable bonds is 4. The Bertz CT molecular complexity index is 260. The van der Waals surface area contributed by atoms with Crippen molar-refractivity contribution in [2.45, 2.75) is 39.7 Å².